The standard InChI is InChI=1S/C13H19N5/c1-2-3-4-11-15-7-10(18-11)13-12-9(5-6-14-13)16-8-17-12/h7-8,13-14H,2-6H2,1H3,(H,15,18)(H,16,17)/t13-/m1/s1. The summed E-state index contributed by atoms with van der Waals surface area (Å²) in [6.45, 7) is 3.17. The molecule has 0 saturated carbocycles. The van der Waals surface area contributed by atoms with Crippen molar-refractivity contribution in [3.05, 3.63) is 35.4 Å². The highest BCUT2D eigenvalue weighted by Crippen LogP contribution is 2.24. The number of H-pyrrole nitrogens is 2. The monoisotopic (exact) mass is 245 g/mol. The van der Waals surface area contributed by atoms with Gasteiger partial charge in [0, 0.05) is 25.1 Å². The molecule has 0 spiro atoms. The normalized spacial score (nSPS) is 18.8. The molecule has 3 heterocycles. The number of nitrogens with zero attached hydrogens (tertiary/aromatic N) is 2. The lowest BCUT2D eigenvalue weighted by atomic mass is 10.0. The highest BCUT2D eigenvalue weighted by Gasteiger charge is 2.24. The summed E-state index contributed by atoms with van der Waals surface area (Å²) in [5, 5.41) is 3.49. The Morgan fingerprint density at radius 3 is 3.22 bits per heavy atom. The number of hydrogen-bond acceptors (Lipinski definition) is 3. The molecule has 0 aliphatic carbocycles. The highest BCUT2D eigenvalue weighted by molar-refractivity contribution is 5.27. The maximum absolute atomic E-state index is 4.45. The molecule has 0 radical (unpaired) electrons. The summed E-state index contributed by atoms with van der Waals surface area (Å²) in [5.74, 6) is 1.08. The second-order valence-electron chi connectivity index (χ2n) is 4.79. The molecular weight excluding hydrogens is 226 g/mol. The predicted octanol–water partition coefficient (Wildman–Crippen LogP) is 1.71. The molecule has 0 fully saturated rings. The van der Waals surface area contributed by atoms with Gasteiger partial charge >= 0.3 is 0 Å². The zero-order chi connectivity index (χ0) is 12.4. The Labute approximate surface area is 106 Å². The summed E-state index contributed by atoms with van der Waals surface area (Å²) in [4.78, 5) is 15.5. The molecule has 0 aromatic carbocycles. The molecule has 1 aliphatic rings. The number of aryl methyl sites for hydroxylation is 1. The van der Waals surface area contributed by atoms with Crippen LogP contribution in [0.5, 0.6) is 0 Å². The number of aromatic nitrogens is 4. The van der Waals surface area contributed by atoms with Crippen LogP contribution in [0.2, 0.25) is 0 Å². The number of rotatable bonds is 4. The Morgan fingerprint density at radius 2 is 2.33 bits per heavy atom. The Hall–Kier alpha value is -1.62. The van der Waals surface area contributed by atoms with Crippen molar-refractivity contribution in [1.82, 2.24) is 25.3 Å². The van der Waals surface area contributed by atoms with E-state index >= 15 is 0 Å². The second-order valence-corrected chi connectivity index (χ2v) is 4.79. The van der Waals surface area contributed by atoms with Crippen molar-refractivity contribution in [2.75, 3.05) is 6.54 Å². The van der Waals surface area contributed by atoms with E-state index in [2.05, 4.69) is 32.2 Å². The van der Waals surface area contributed by atoms with Crippen molar-refractivity contribution < 1.29 is 0 Å². The summed E-state index contributed by atoms with van der Waals surface area (Å²) in [6, 6.07) is 0.155. The van der Waals surface area contributed by atoms with E-state index in [0.29, 0.717) is 0 Å². The van der Waals surface area contributed by atoms with Crippen LogP contribution >= 0.6 is 0 Å². The molecule has 5 nitrogen and oxygen atoms in total. The van der Waals surface area contributed by atoms with E-state index in [4.69, 9.17) is 0 Å². The van der Waals surface area contributed by atoms with Crippen molar-refractivity contribution in [1.29, 1.82) is 0 Å². The molecule has 0 bridgehead atoms. The van der Waals surface area contributed by atoms with Crippen LogP contribution in [0.3, 0.4) is 0 Å². The van der Waals surface area contributed by atoms with Crippen molar-refractivity contribution >= 4 is 0 Å². The van der Waals surface area contributed by atoms with Gasteiger partial charge in [0.2, 0.25) is 0 Å². The minimum atomic E-state index is 0.155. The largest absolute Gasteiger partial charge is 0.348 e. The summed E-state index contributed by atoms with van der Waals surface area (Å²) in [5.41, 5.74) is 3.46. The van der Waals surface area contributed by atoms with Crippen LogP contribution in [0.25, 0.3) is 0 Å². The van der Waals surface area contributed by atoms with Gasteiger partial charge in [-0.15, -0.1) is 0 Å². The van der Waals surface area contributed by atoms with E-state index < -0.39 is 0 Å². The molecular formula is C13H19N5. The average molecular weight is 245 g/mol. The molecule has 0 saturated heterocycles. The first kappa shape index (κ1) is 11.5. The van der Waals surface area contributed by atoms with Crippen LogP contribution in [0.1, 0.15) is 48.7 Å². The first-order valence-corrected chi connectivity index (χ1v) is 6.67. The SMILES string of the molecule is CCCCc1ncc([C@H]2NCCc3[nH]cnc32)[nH]1. The van der Waals surface area contributed by atoms with Gasteiger partial charge in [0.25, 0.3) is 0 Å². The molecule has 2 aromatic rings. The van der Waals surface area contributed by atoms with Crippen LogP contribution in [-0.2, 0) is 12.8 Å². The predicted molar refractivity (Wildman–Crippen MR) is 69.3 cm³/mol. The zero-order valence-electron chi connectivity index (χ0n) is 10.7. The summed E-state index contributed by atoms with van der Waals surface area (Å²) >= 11 is 0. The van der Waals surface area contributed by atoms with Gasteiger partial charge in [0.1, 0.15) is 5.82 Å². The van der Waals surface area contributed by atoms with Crippen molar-refractivity contribution in [3.63, 3.8) is 0 Å². The van der Waals surface area contributed by atoms with Crippen molar-refractivity contribution in [2.24, 2.45) is 0 Å². The van der Waals surface area contributed by atoms with E-state index in [1.54, 1.807) is 6.33 Å². The maximum Gasteiger partial charge on any atom is 0.106 e. The number of hydrogen-bond donors (Lipinski definition) is 3. The summed E-state index contributed by atoms with van der Waals surface area (Å²) in [7, 11) is 0. The molecule has 3 rings (SSSR count). The molecule has 0 amide bonds. The van der Waals surface area contributed by atoms with Gasteiger partial charge in [-0.3, -0.25) is 0 Å². The molecule has 1 aliphatic heterocycles. The first-order valence-electron chi connectivity index (χ1n) is 6.67. The molecule has 0 unspecified atom stereocenters. The lowest BCUT2D eigenvalue weighted by molar-refractivity contribution is 0.543. The Balaban J connectivity index is 1.82. The fourth-order valence-corrected chi connectivity index (χ4v) is 2.47. The lowest BCUT2D eigenvalue weighted by Crippen LogP contribution is -2.30. The number of nitrogens with one attached hydrogen (secondary N) is 3. The minimum Gasteiger partial charge on any atom is -0.348 e. The highest BCUT2D eigenvalue weighted by atomic mass is 15.0. The van der Waals surface area contributed by atoms with Gasteiger partial charge in [-0.2, -0.15) is 0 Å². The van der Waals surface area contributed by atoms with Gasteiger partial charge in [0.05, 0.1) is 30.0 Å². The Kier molecular flexibility index (Phi) is 3.15. The quantitative estimate of drug-likeness (QED) is 0.768. The summed E-state index contributed by atoms with van der Waals surface area (Å²) in [6.07, 6.45) is 8.13. The first-order chi connectivity index (χ1) is 8.88. The third-order valence-corrected chi connectivity index (χ3v) is 3.47. The molecule has 96 valence electrons. The average Bonchev–Trinajstić information content (AvgIpc) is 3.04. The van der Waals surface area contributed by atoms with Gasteiger partial charge < -0.3 is 15.3 Å². The summed E-state index contributed by atoms with van der Waals surface area (Å²) < 4.78 is 0. The molecule has 3 N–H and O–H groups in total. The van der Waals surface area contributed by atoms with E-state index in [1.807, 2.05) is 6.20 Å². The lowest BCUT2D eigenvalue weighted by Gasteiger charge is -2.21. The number of unbranched alkanes of at least 4 members (excludes halogenated alkanes) is 1. The number of imidazole rings is 2. The maximum atomic E-state index is 4.45. The van der Waals surface area contributed by atoms with Crippen LogP contribution in [-0.4, -0.2) is 26.5 Å². The Bertz CT molecular complexity index is 513. The second kappa shape index (κ2) is 4.94. The topological polar surface area (TPSA) is 69.4 Å². The number of aromatic amines is 2. The Morgan fingerprint density at radius 1 is 1.39 bits per heavy atom. The van der Waals surface area contributed by atoms with Gasteiger partial charge in [-0.1, -0.05) is 13.3 Å². The van der Waals surface area contributed by atoms with E-state index in [0.717, 1.165) is 36.6 Å². The molecule has 1 atom stereocenters. The van der Waals surface area contributed by atoms with Crippen LogP contribution < -0.4 is 5.32 Å². The van der Waals surface area contributed by atoms with Crippen molar-refractivity contribution in [2.45, 2.75) is 38.6 Å². The molecule has 2 aromatic heterocycles. The third kappa shape index (κ3) is 2.06. The number of fused-ring (bicyclic) bond motifs is 1. The van der Waals surface area contributed by atoms with Crippen LogP contribution in [0.15, 0.2) is 12.5 Å². The van der Waals surface area contributed by atoms with E-state index in [1.165, 1.54) is 18.5 Å². The third-order valence-electron chi connectivity index (χ3n) is 3.47. The zero-order valence-corrected chi connectivity index (χ0v) is 10.7. The van der Waals surface area contributed by atoms with Crippen LogP contribution in [0, 0.1) is 0 Å². The van der Waals surface area contributed by atoms with Gasteiger partial charge in [-0.25, -0.2) is 9.97 Å². The van der Waals surface area contributed by atoms with E-state index in [-0.39, 0.29) is 6.04 Å². The van der Waals surface area contributed by atoms with Gasteiger partial charge in [0.15, 0.2) is 0 Å². The van der Waals surface area contributed by atoms with Crippen LogP contribution in [0.4, 0.5) is 0 Å². The fourth-order valence-electron chi connectivity index (χ4n) is 2.47. The molecule has 5 heteroatoms. The van der Waals surface area contributed by atoms with Gasteiger partial charge in [-0.05, 0) is 6.42 Å². The molecule has 18 heavy (non-hydrogen) atoms. The van der Waals surface area contributed by atoms with Crippen molar-refractivity contribution in [3.8, 4) is 0 Å². The smallest absolute Gasteiger partial charge is 0.106 e. The van der Waals surface area contributed by atoms with E-state index in [9.17, 15) is 0 Å². The fraction of sp³-hybridized carbons (Fsp3) is 0.538. The minimum absolute atomic E-state index is 0.155.